The minimum absolute atomic E-state index is 0.127. The molecule has 0 aliphatic rings. The normalized spacial score (nSPS) is 11.6. The van der Waals surface area contributed by atoms with Gasteiger partial charge in [0.1, 0.15) is 17.3 Å². The van der Waals surface area contributed by atoms with Crippen molar-refractivity contribution < 1.29 is 0 Å². The molecule has 0 spiro atoms. The molecule has 0 unspecified atom stereocenters. The Morgan fingerprint density at radius 1 is 1.38 bits per heavy atom. The quantitative estimate of drug-likeness (QED) is 0.881. The molecule has 0 amide bonds. The molecule has 0 bridgehead atoms. The SMILES string of the molecule is C#CCn1c(C(C)(C)C)nc(-c2cn(C)nc2CC)c1N. The molecular formula is C16H23N5. The fourth-order valence-electron chi connectivity index (χ4n) is 2.48. The number of aryl methyl sites for hydroxylation is 2. The van der Waals surface area contributed by atoms with Crippen LogP contribution in [0.5, 0.6) is 0 Å². The van der Waals surface area contributed by atoms with E-state index in [1.807, 2.05) is 17.8 Å². The Hall–Kier alpha value is -2.22. The monoisotopic (exact) mass is 285 g/mol. The van der Waals surface area contributed by atoms with Gasteiger partial charge in [-0.1, -0.05) is 33.6 Å². The van der Waals surface area contributed by atoms with Crippen LogP contribution in [0.15, 0.2) is 6.20 Å². The number of hydrogen-bond acceptors (Lipinski definition) is 3. The van der Waals surface area contributed by atoms with Crippen molar-refractivity contribution in [2.24, 2.45) is 7.05 Å². The molecule has 0 fully saturated rings. The summed E-state index contributed by atoms with van der Waals surface area (Å²) >= 11 is 0. The standard InChI is InChI=1S/C16H23N5/c1-7-9-21-14(17)13(18-15(21)16(3,4)5)11-10-20(6)19-12(11)8-2/h1,10H,8-9,17H2,2-6H3. The van der Waals surface area contributed by atoms with Gasteiger partial charge in [-0.3, -0.25) is 4.68 Å². The van der Waals surface area contributed by atoms with Gasteiger partial charge in [-0.05, 0) is 6.42 Å². The number of imidazole rings is 1. The molecule has 2 aromatic heterocycles. The smallest absolute Gasteiger partial charge is 0.132 e. The Labute approximate surface area is 126 Å². The van der Waals surface area contributed by atoms with Crippen molar-refractivity contribution in [3.63, 3.8) is 0 Å². The lowest BCUT2D eigenvalue weighted by Crippen LogP contribution is -2.19. The molecule has 21 heavy (non-hydrogen) atoms. The van der Waals surface area contributed by atoms with E-state index in [1.54, 1.807) is 4.68 Å². The van der Waals surface area contributed by atoms with Gasteiger partial charge in [0.25, 0.3) is 0 Å². The molecule has 0 aromatic carbocycles. The maximum atomic E-state index is 6.32. The van der Waals surface area contributed by atoms with Crippen LogP contribution in [-0.2, 0) is 25.4 Å². The predicted molar refractivity (Wildman–Crippen MR) is 85.8 cm³/mol. The van der Waals surface area contributed by atoms with Crippen LogP contribution in [0.25, 0.3) is 11.3 Å². The van der Waals surface area contributed by atoms with E-state index in [0.717, 1.165) is 29.2 Å². The average Bonchev–Trinajstić information content (AvgIpc) is 2.91. The fraction of sp³-hybridized carbons (Fsp3) is 0.500. The number of terminal acetylenes is 1. The van der Waals surface area contributed by atoms with E-state index in [4.69, 9.17) is 17.1 Å². The van der Waals surface area contributed by atoms with Gasteiger partial charge in [0.05, 0.1) is 12.2 Å². The first-order valence-electron chi connectivity index (χ1n) is 7.12. The van der Waals surface area contributed by atoms with E-state index < -0.39 is 0 Å². The van der Waals surface area contributed by atoms with Gasteiger partial charge < -0.3 is 10.3 Å². The molecule has 2 heterocycles. The van der Waals surface area contributed by atoms with E-state index in [1.165, 1.54) is 0 Å². The summed E-state index contributed by atoms with van der Waals surface area (Å²) in [5, 5.41) is 4.47. The number of nitrogen functional groups attached to an aromatic ring is 1. The van der Waals surface area contributed by atoms with Gasteiger partial charge in [0.15, 0.2) is 0 Å². The summed E-state index contributed by atoms with van der Waals surface area (Å²) in [4.78, 5) is 4.78. The van der Waals surface area contributed by atoms with Crippen LogP contribution < -0.4 is 5.73 Å². The molecule has 2 rings (SSSR count). The van der Waals surface area contributed by atoms with Gasteiger partial charge in [-0.15, -0.1) is 6.42 Å². The van der Waals surface area contributed by atoms with E-state index in [9.17, 15) is 0 Å². The molecule has 2 N–H and O–H groups in total. The zero-order valence-corrected chi connectivity index (χ0v) is 13.4. The van der Waals surface area contributed by atoms with Crippen molar-refractivity contribution in [1.29, 1.82) is 0 Å². The first-order chi connectivity index (χ1) is 9.79. The second kappa shape index (κ2) is 5.28. The topological polar surface area (TPSA) is 61.7 Å². The van der Waals surface area contributed by atoms with Crippen molar-refractivity contribution in [3.05, 3.63) is 17.7 Å². The lowest BCUT2D eigenvalue weighted by atomic mass is 9.95. The zero-order chi connectivity index (χ0) is 15.8. The highest BCUT2D eigenvalue weighted by Crippen LogP contribution is 2.33. The third-order valence-corrected chi connectivity index (χ3v) is 3.42. The van der Waals surface area contributed by atoms with E-state index >= 15 is 0 Å². The summed E-state index contributed by atoms with van der Waals surface area (Å²) in [6.45, 7) is 8.82. The van der Waals surface area contributed by atoms with Crippen LogP contribution in [0.1, 0.15) is 39.2 Å². The summed E-state index contributed by atoms with van der Waals surface area (Å²) < 4.78 is 3.71. The van der Waals surface area contributed by atoms with E-state index in [-0.39, 0.29) is 5.41 Å². The van der Waals surface area contributed by atoms with Crippen molar-refractivity contribution in [2.45, 2.75) is 46.1 Å². The van der Waals surface area contributed by atoms with E-state index in [0.29, 0.717) is 12.4 Å². The molecule has 112 valence electrons. The third kappa shape index (κ3) is 2.66. The highest BCUT2D eigenvalue weighted by Gasteiger charge is 2.26. The lowest BCUT2D eigenvalue weighted by Gasteiger charge is -2.18. The van der Waals surface area contributed by atoms with Gasteiger partial charge in [-0.25, -0.2) is 4.98 Å². The number of anilines is 1. The lowest BCUT2D eigenvalue weighted by molar-refractivity contribution is 0.517. The summed E-state index contributed by atoms with van der Waals surface area (Å²) in [7, 11) is 1.90. The van der Waals surface area contributed by atoms with Crippen molar-refractivity contribution in [3.8, 4) is 23.6 Å². The number of hydrogen-bond donors (Lipinski definition) is 1. The van der Waals surface area contributed by atoms with Gasteiger partial charge >= 0.3 is 0 Å². The molecule has 0 radical (unpaired) electrons. The Bertz CT molecular complexity index is 692. The second-order valence-corrected chi connectivity index (χ2v) is 6.23. The zero-order valence-electron chi connectivity index (χ0n) is 13.4. The van der Waals surface area contributed by atoms with Crippen LogP contribution in [0.4, 0.5) is 5.82 Å². The van der Waals surface area contributed by atoms with Crippen LogP contribution in [-0.4, -0.2) is 19.3 Å². The molecule has 5 heteroatoms. The van der Waals surface area contributed by atoms with Crippen LogP contribution >= 0.6 is 0 Å². The minimum Gasteiger partial charge on any atom is -0.383 e. The largest absolute Gasteiger partial charge is 0.383 e. The third-order valence-electron chi connectivity index (χ3n) is 3.42. The Morgan fingerprint density at radius 3 is 2.57 bits per heavy atom. The highest BCUT2D eigenvalue weighted by molar-refractivity contribution is 5.72. The van der Waals surface area contributed by atoms with Gasteiger partial charge in [-0.2, -0.15) is 5.10 Å². The number of rotatable bonds is 3. The molecule has 5 nitrogen and oxygen atoms in total. The second-order valence-electron chi connectivity index (χ2n) is 6.23. The fourth-order valence-corrected chi connectivity index (χ4v) is 2.48. The van der Waals surface area contributed by atoms with Gasteiger partial charge in [0, 0.05) is 24.2 Å². The summed E-state index contributed by atoms with van der Waals surface area (Å²) in [6.07, 6.45) is 8.28. The summed E-state index contributed by atoms with van der Waals surface area (Å²) in [6, 6.07) is 0. The highest BCUT2D eigenvalue weighted by atomic mass is 15.3. The summed E-state index contributed by atoms with van der Waals surface area (Å²) in [5.41, 5.74) is 8.95. The molecule has 0 atom stereocenters. The van der Waals surface area contributed by atoms with Crippen molar-refractivity contribution in [2.75, 3.05) is 5.73 Å². The average molecular weight is 285 g/mol. The summed E-state index contributed by atoms with van der Waals surface area (Å²) in [5.74, 6) is 4.17. The Kier molecular flexibility index (Phi) is 3.82. The molecule has 0 aliphatic carbocycles. The maximum Gasteiger partial charge on any atom is 0.132 e. The number of aromatic nitrogens is 4. The van der Waals surface area contributed by atoms with Crippen molar-refractivity contribution in [1.82, 2.24) is 19.3 Å². The predicted octanol–water partition coefficient (Wildman–Crippen LogP) is 2.36. The van der Waals surface area contributed by atoms with Gasteiger partial charge in [0.2, 0.25) is 0 Å². The van der Waals surface area contributed by atoms with Crippen LogP contribution in [0.3, 0.4) is 0 Å². The van der Waals surface area contributed by atoms with Crippen LogP contribution in [0, 0.1) is 12.3 Å². The number of nitrogens with two attached hydrogens (primary N) is 1. The van der Waals surface area contributed by atoms with Crippen molar-refractivity contribution >= 4 is 5.82 Å². The molecular weight excluding hydrogens is 262 g/mol. The molecule has 0 saturated carbocycles. The van der Waals surface area contributed by atoms with Crippen LogP contribution in [0.2, 0.25) is 0 Å². The number of nitrogens with zero attached hydrogens (tertiary/aromatic N) is 4. The molecule has 0 saturated heterocycles. The molecule has 2 aromatic rings. The molecule has 0 aliphatic heterocycles. The maximum absolute atomic E-state index is 6.32. The minimum atomic E-state index is -0.127. The first-order valence-corrected chi connectivity index (χ1v) is 7.12. The van der Waals surface area contributed by atoms with E-state index in [2.05, 4.69) is 38.7 Å². The Balaban J connectivity index is 2.68. The first kappa shape index (κ1) is 15.2. The Morgan fingerprint density at radius 2 is 2.05 bits per heavy atom.